The van der Waals surface area contributed by atoms with Crippen LogP contribution in [0, 0.1) is 5.92 Å². The number of nitrogens with one attached hydrogen (secondary N) is 1. The third-order valence-electron chi connectivity index (χ3n) is 3.30. The van der Waals surface area contributed by atoms with Gasteiger partial charge in [-0.15, -0.1) is 0 Å². The van der Waals surface area contributed by atoms with Gasteiger partial charge in [-0.1, -0.05) is 19.8 Å². The normalized spacial score (nSPS) is 20.0. The van der Waals surface area contributed by atoms with Crippen molar-refractivity contribution < 1.29 is 9.47 Å². The van der Waals surface area contributed by atoms with E-state index in [1.54, 1.807) is 14.2 Å². The SMILES string of the molecule is CCCNC(C1CCCC1)C(OC)OC. The Labute approximate surface area is 93.5 Å². The Kier molecular flexibility index (Phi) is 6.22. The molecule has 0 radical (unpaired) electrons. The Hall–Kier alpha value is -0.120. The average molecular weight is 215 g/mol. The summed E-state index contributed by atoms with van der Waals surface area (Å²) in [6.07, 6.45) is 6.39. The minimum Gasteiger partial charge on any atom is -0.354 e. The molecular weight excluding hydrogens is 190 g/mol. The summed E-state index contributed by atoms with van der Waals surface area (Å²) < 4.78 is 10.8. The van der Waals surface area contributed by atoms with Crippen molar-refractivity contribution in [2.45, 2.75) is 51.4 Å². The molecule has 0 amide bonds. The predicted molar refractivity (Wildman–Crippen MR) is 61.8 cm³/mol. The lowest BCUT2D eigenvalue weighted by Gasteiger charge is -2.30. The van der Waals surface area contributed by atoms with E-state index in [0.29, 0.717) is 6.04 Å². The standard InChI is InChI=1S/C12H25NO2/c1-4-9-13-11(12(14-2)15-3)10-7-5-6-8-10/h10-13H,4-9H2,1-3H3. The van der Waals surface area contributed by atoms with Crippen molar-refractivity contribution in [2.75, 3.05) is 20.8 Å². The van der Waals surface area contributed by atoms with Gasteiger partial charge in [0, 0.05) is 14.2 Å². The molecular formula is C12H25NO2. The van der Waals surface area contributed by atoms with Gasteiger partial charge < -0.3 is 14.8 Å². The molecule has 1 fully saturated rings. The molecule has 15 heavy (non-hydrogen) atoms. The maximum Gasteiger partial charge on any atom is 0.172 e. The zero-order chi connectivity index (χ0) is 11.1. The monoisotopic (exact) mass is 215 g/mol. The van der Waals surface area contributed by atoms with Crippen molar-refractivity contribution >= 4 is 0 Å². The van der Waals surface area contributed by atoms with Crippen molar-refractivity contribution in [1.29, 1.82) is 0 Å². The summed E-state index contributed by atoms with van der Waals surface area (Å²) in [7, 11) is 3.45. The van der Waals surface area contributed by atoms with E-state index in [2.05, 4.69) is 12.2 Å². The first-order valence-corrected chi connectivity index (χ1v) is 6.12. The molecule has 0 aromatic heterocycles. The molecule has 0 bridgehead atoms. The van der Waals surface area contributed by atoms with Crippen LogP contribution in [0.3, 0.4) is 0 Å². The molecule has 0 saturated heterocycles. The number of rotatable bonds is 7. The van der Waals surface area contributed by atoms with Crippen LogP contribution in [0.2, 0.25) is 0 Å². The second-order valence-electron chi connectivity index (χ2n) is 4.36. The van der Waals surface area contributed by atoms with Gasteiger partial charge >= 0.3 is 0 Å². The minimum atomic E-state index is -0.0975. The Morgan fingerprint density at radius 2 is 1.80 bits per heavy atom. The van der Waals surface area contributed by atoms with Crippen molar-refractivity contribution in [3.8, 4) is 0 Å². The van der Waals surface area contributed by atoms with Crippen LogP contribution < -0.4 is 5.32 Å². The topological polar surface area (TPSA) is 30.5 Å². The molecule has 0 aromatic rings. The molecule has 1 aliphatic rings. The molecule has 0 aliphatic heterocycles. The van der Waals surface area contributed by atoms with Gasteiger partial charge in [-0.25, -0.2) is 0 Å². The zero-order valence-corrected chi connectivity index (χ0v) is 10.3. The fourth-order valence-corrected chi connectivity index (χ4v) is 2.50. The van der Waals surface area contributed by atoms with Crippen LogP contribution in [0.4, 0.5) is 0 Å². The summed E-state index contributed by atoms with van der Waals surface area (Å²) in [5.41, 5.74) is 0. The van der Waals surface area contributed by atoms with E-state index >= 15 is 0 Å². The van der Waals surface area contributed by atoms with Gasteiger partial charge in [0.1, 0.15) is 0 Å². The highest BCUT2D eigenvalue weighted by molar-refractivity contribution is 4.83. The first-order valence-electron chi connectivity index (χ1n) is 6.12. The number of ether oxygens (including phenoxy) is 2. The van der Waals surface area contributed by atoms with Gasteiger partial charge in [0.25, 0.3) is 0 Å². The summed E-state index contributed by atoms with van der Waals surface area (Å²) in [5.74, 6) is 0.724. The number of hydrogen-bond acceptors (Lipinski definition) is 3. The highest BCUT2D eigenvalue weighted by Gasteiger charge is 2.31. The minimum absolute atomic E-state index is 0.0975. The highest BCUT2D eigenvalue weighted by Crippen LogP contribution is 2.29. The summed E-state index contributed by atoms with van der Waals surface area (Å²) in [6, 6.07) is 0.363. The van der Waals surface area contributed by atoms with Gasteiger partial charge in [-0.05, 0) is 31.7 Å². The maximum atomic E-state index is 5.39. The smallest absolute Gasteiger partial charge is 0.172 e. The van der Waals surface area contributed by atoms with E-state index < -0.39 is 0 Å². The molecule has 1 N–H and O–H groups in total. The molecule has 1 saturated carbocycles. The van der Waals surface area contributed by atoms with Crippen LogP contribution in [0.5, 0.6) is 0 Å². The third-order valence-corrected chi connectivity index (χ3v) is 3.30. The van der Waals surface area contributed by atoms with E-state index in [9.17, 15) is 0 Å². The second-order valence-corrected chi connectivity index (χ2v) is 4.36. The molecule has 0 spiro atoms. The fraction of sp³-hybridized carbons (Fsp3) is 1.00. The Bertz CT molecular complexity index is 152. The van der Waals surface area contributed by atoms with Gasteiger partial charge in [0.2, 0.25) is 0 Å². The maximum absolute atomic E-state index is 5.39. The molecule has 1 rings (SSSR count). The second kappa shape index (κ2) is 7.20. The Balaban J connectivity index is 2.49. The largest absolute Gasteiger partial charge is 0.354 e. The molecule has 0 aromatic carbocycles. The first-order chi connectivity index (χ1) is 7.33. The molecule has 3 heteroatoms. The molecule has 1 unspecified atom stereocenters. The van der Waals surface area contributed by atoms with Crippen LogP contribution in [-0.4, -0.2) is 33.1 Å². The van der Waals surface area contributed by atoms with Crippen LogP contribution >= 0.6 is 0 Å². The zero-order valence-electron chi connectivity index (χ0n) is 10.3. The van der Waals surface area contributed by atoms with Gasteiger partial charge in [-0.2, -0.15) is 0 Å². The van der Waals surface area contributed by atoms with E-state index in [1.807, 2.05) is 0 Å². The third kappa shape index (κ3) is 3.74. The van der Waals surface area contributed by atoms with Crippen LogP contribution in [0.25, 0.3) is 0 Å². The van der Waals surface area contributed by atoms with E-state index in [-0.39, 0.29) is 6.29 Å². The molecule has 1 atom stereocenters. The van der Waals surface area contributed by atoms with Crippen LogP contribution in [0.1, 0.15) is 39.0 Å². The summed E-state index contributed by atoms with van der Waals surface area (Å²) >= 11 is 0. The number of methoxy groups -OCH3 is 2. The van der Waals surface area contributed by atoms with Gasteiger partial charge in [0.15, 0.2) is 6.29 Å². The molecule has 90 valence electrons. The van der Waals surface area contributed by atoms with Crippen LogP contribution in [0.15, 0.2) is 0 Å². The van der Waals surface area contributed by atoms with Crippen LogP contribution in [-0.2, 0) is 9.47 Å². The predicted octanol–water partition coefficient (Wildman–Crippen LogP) is 2.16. The fourth-order valence-electron chi connectivity index (χ4n) is 2.50. The Morgan fingerprint density at radius 3 is 2.27 bits per heavy atom. The van der Waals surface area contributed by atoms with Crippen molar-refractivity contribution in [2.24, 2.45) is 5.92 Å². The van der Waals surface area contributed by atoms with E-state index in [1.165, 1.54) is 25.7 Å². The Morgan fingerprint density at radius 1 is 1.20 bits per heavy atom. The lowest BCUT2D eigenvalue weighted by Crippen LogP contribution is -2.46. The highest BCUT2D eigenvalue weighted by atomic mass is 16.7. The lowest BCUT2D eigenvalue weighted by atomic mass is 9.97. The van der Waals surface area contributed by atoms with Crippen molar-refractivity contribution in [3.05, 3.63) is 0 Å². The first kappa shape index (κ1) is 12.9. The summed E-state index contributed by atoms with van der Waals surface area (Å²) in [4.78, 5) is 0. The summed E-state index contributed by atoms with van der Waals surface area (Å²) in [5, 5.41) is 3.56. The van der Waals surface area contributed by atoms with Gasteiger partial charge in [-0.3, -0.25) is 0 Å². The van der Waals surface area contributed by atoms with Crippen molar-refractivity contribution in [3.63, 3.8) is 0 Å². The molecule has 3 nitrogen and oxygen atoms in total. The number of hydrogen-bond donors (Lipinski definition) is 1. The van der Waals surface area contributed by atoms with Crippen molar-refractivity contribution in [1.82, 2.24) is 5.32 Å². The summed E-state index contributed by atoms with van der Waals surface area (Å²) in [6.45, 7) is 3.23. The lowest BCUT2D eigenvalue weighted by molar-refractivity contribution is -0.132. The molecule has 0 heterocycles. The van der Waals surface area contributed by atoms with E-state index in [0.717, 1.165) is 18.9 Å². The average Bonchev–Trinajstić information content (AvgIpc) is 2.77. The van der Waals surface area contributed by atoms with Gasteiger partial charge in [0.05, 0.1) is 6.04 Å². The molecule has 1 aliphatic carbocycles. The van der Waals surface area contributed by atoms with E-state index in [4.69, 9.17) is 9.47 Å². The quantitative estimate of drug-likeness (QED) is 0.660.